The van der Waals surface area contributed by atoms with Crippen LogP contribution >= 0.6 is 11.6 Å². The average Bonchev–Trinajstić information content (AvgIpc) is 2.69. The van der Waals surface area contributed by atoms with E-state index in [0.29, 0.717) is 34.9 Å². The summed E-state index contributed by atoms with van der Waals surface area (Å²) in [6, 6.07) is 13.3. The van der Waals surface area contributed by atoms with Crippen molar-refractivity contribution in [3.8, 4) is 0 Å². The Hall–Kier alpha value is -2.86. The molecule has 0 radical (unpaired) electrons. The third-order valence-corrected chi connectivity index (χ3v) is 4.46. The van der Waals surface area contributed by atoms with Gasteiger partial charge in [-0.15, -0.1) is 0 Å². The zero-order valence-corrected chi connectivity index (χ0v) is 16.8. The van der Waals surface area contributed by atoms with Crippen molar-refractivity contribution in [3.05, 3.63) is 64.7 Å². The minimum absolute atomic E-state index is 0.0345. The lowest BCUT2D eigenvalue weighted by atomic mass is 10.1. The standard InChI is InChI=1S/C21H24ClN3O3/c1-3-25(4-2)21(28)16-7-11-18(12-8-16)24-19(26)13-14-23-20(27)15-5-9-17(22)10-6-15/h5-12H,3-4,13-14H2,1-2H3,(H,23,27)(H,24,26). The Morgan fingerprint density at radius 3 is 2.04 bits per heavy atom. The molecule has 6 nitrogen and oxygen atoms in total. The summed E-state index contributed by atoms with van der Waals surface area (Å²) in [5.41, 5.74) is 1.67. The molecule has 0 bridgehead atoms. The van der Waals surface area contributed by atoms with Crippen molar-refractivity contribution in [3.63, 3.8) is 0 Å². The molecule has 2 N–H and O–H groups in total. The maximum absolute atomic E-state index is 12.3. The molecule has 0 fully saturated rings. The van der Waals surface area contributed by atoms with Crippen LogP contribution in [0, 0.1) is 0 Å². The van der Waals surface area contributed by atoms with Crippen molar-refractivity contribution in [2.24, 2.45) is 0 Å². The molecule has 0 atom stereocenters. The maximum atomic E-state index is 12.3. The highest BCUT2D eigenvalue weighted by Gasteiger charge is 2.12. The number of amides is 3. The van der Waals surface area contributed by atoms with Gasteiger partial charge >= 0.3 is 0 Å². The van der Waals surface area contributed by atoms with E-state index in [4.69, 9.17) is 11.6 Å². The summed E-state index contributed by atoms with van der Waals surface area (Å²) >= 11 is 5.79. The third kappa shape index (κ3) is 6.09. The van der Waals surface area contributed by atoms with Crippen LogP contribution in [0.4, 0.5) is 5.69 Å². The van der Waals surface area contributed by atoms with Crippen molar-refractivity contribution in [2.75, 3.05) is 25.0 Å². The molecule has 0 aliphatic rings. The van der Waals surface area contributed by atoms with Crippen molar-refractivity contribution < 1.29 is 14.4 Å². The first-order chi connectivity index (χ1) is 13.4. The van der Waals surface area contributed by atoms with Gasteiger partial charge < -0.3 is 15.5 Å². The van der Waals surface area contributed by atoms with Crippen molar-refractivity contribution >= 4 is 35.0 Å². The topological polar surface area (TPSA) is 78.5 Å². The van der Waals surface area contributed by atoms with E-state index >= 15 is 0 Å². The Kier molecular flexibility index (Phi) is 8.02. The van der Waals surface area contributed by atoms with Gasteiger partial charge in [-0.05, 0) is 62.4 Å². The highest BCUT2D eigenvalue weighted by atomic mass is 35.5. The van der Waals surface area contributed by atoms with Gasteiger partial charge in [0.25, 0.3) is 11.8 Å². The minimum atomic E-state index is -0.260. The molecule has 7 heteroatoms. The number of hydrogen-bond acceptors (Lipinski definition) is 3. The Balaban J connectivity index is 1.80. The van der Waals surface area contributed by atoms with E-state index in [1.165, 1.54) is 0 Å². The van der Waals surface area contributed by atoms with Crippen LogP contribution in [0.1, 0.15) is 41.0 Å². The predicted octanol–water partition coefficient (Wildman–Crippen LogP) is 3.58. The molecule has 2 aromatic rings. The molecule has 2 rings (SSSR count). The lowest BCUT2D eigenvalue weighted by molar-refractivity contribution is -0.116. The Morgan fingerprint density at radius 1 is 0.893 bits per heavy atom. The zero-order valence-electron chi connectivity index (χ0n) is 16.0. The first kappa shape index (κ1) is 21.4. The lowest BCUT2D eigenvalue weighted by Gasteiger charge is -2.18. The molecule has 0 heterocycles. The summed E-state index contributed by atoms with van der Waals surface area (Å²) in [4.78, 5) is 38.0. The van der Waals surface area contributed by atoms with Gasteiger partial charge in [-0.1, -0.05) is 11.6 Å². The lowest BCUT2D eigenvalue weighted by Crippen LogP contribution is -2.30. The van der Waals surface area contributed by atoms with E-state index in [1.807, 2.05) is 13.8 Å². The molecule has 2 aromatic carbocycles. The van der Waals surface area contributed by atoms with E-state index in [0.717, 1.165) is 0 Å². The number of nitrogens with zero attached hydrogens (tertiary/aromatic N) is 1. The molecule has 3 amide bonds. The smallest absolute Gasteiger partial charge is 0.253 e. The number of carbonyl (C=O) groups excluding carboxylic acids is 3. The van der Waals surface area contributed by atoms with Crippen molar-refractivity contribution in [1.82, 2.24) is 10.2 Å². The van der Waals surface area contributed by atoms with Crippen LogP contribution in [0.15, 0.2) is 48.5 Å². The summed E-state index contributed by atoms with van der Waals surface area (Å²) in [6.07, 6.45) is 0.138. The first-order valence-electron chi connectivity index (χ1n) is 9.17. The highest BCUT2D eigenvalue weighted by molar-refractivity contribution is 6.30. The van der Waals surface area contributed by atoms with E-state index < -0.39 is 0 Å². The highest BCUT2D eigenvalue weighted by Crippen LogP contribution is 2.12. The molecule has 28 heavy (non-hydrogen) atoms. The van der Waals surface area contributed by atoms with Crippen LogP contribution in [-0.2, 0) is 4.79 Å². The molecular weight excluding hydrogens is 378 g/mol. The summed E-state index contributed by atoms with van der Waals surface area (Å²) in [7, 11) is 0. The number of carbonyl (C=O) groups is 3. The van der Waals surface area contributed by atoms with Gasteiger partial charge in [0.1, 0.15) is 0 Å². The number of nitrogens with one attached hydrogen (secondary N) is 2. The summed E-state index contributed by atoms with van der Waals surface area (Å²) in [5.74, 6) is -0.518. The van der Waals surface area contributed by atoms with E-state index in [-0.39, 0.29) is 30.7 Å². The largest absolute Gasteiger partial charge is 0.352 e. The SMILES string of the molecule is CCN(CC)C(=O)c1ccc(NC(=O)CCNC(=O)c2ccc(Cl)cc2)cc1. The average molecular weight is 402 g/mol. The number of rotatable bonds is 8. The number of halogens is 1. The molecule has 0 unspecified atom stereocenters. The van der Waals surface area contributed by atoms with Crippen molar-refractivity contribution in [2.45, 2.75) is 20.3 Å². The minimum Gasteiger partial charge on any atom is -0.352 e. The van der Waals surface area contributed by atoms with Crippen LogP contribution in [0.3, 0.4) is 0 Å². The molecule has 0 saturated carbocycles. The molecule has 0 aromatic heterocycles. The third-order valence-electron chi connectivity index (χ3n) is 4.21. The number of benzene rings is 2. The number of hydrogen-bond donors (Lipinski definition) is 2. The van der Waals surface area contributed by atoms with E-state index in [9.17, 15) is 14.4 Å². The molecule has 148 valence electrons. The van der Waals surface area contributed by atoms with Gasteiger partial charge in [-0.2, -0.15) is 0 Å². The maximum Gasteiger partial charge on any atom is 0.253 e. The Labute approximate surface area is 169 Å². The van der Waals surface area contributed by atoms with E-state index in [2.05, 4.69) is 10.6 Å². The zero-order chi connectivity index (χ0) is 20.5. The Morgan fingerprint density at radius 2 is 1.46 bits per heavy atom. The first-order valence-corrected chi connectivity index (χ1v) is 9.55. The molecule has 0 spiro atoms. The molecule has 0 aliphatic carbocycles. The normalized spacial score (nSPS) is 10.2. The van der Waals surface area contributed by atoms with Gasteiger partial charge in [-0.25, -0.2) is 0 Å². The van der Waals surface area contributed by atoms with Crippen LogP contribution in [0.5, 0.6) is 0 Å². The summed E-state index contributed by atoms with van der Waals surface area (Å²) < 4.78 is 0. The van der Waals surface area contributed by atoms with Gasteiger partial charge in [-0.3, -0.25) is 14.4 Å². The molecule has 0 saturated heterocycles. The van der Waals surface area contributed by atoms with Gasteiger partial charge in [0, 0.05) is 47.9 Å². The fourth-order valence-corrected chi connectivity index (χ4v) is 2.73. The second-order valence-electron chi connectivity index (χ2n) is 6.12. The molecule has 0 aliphatic heterocycles. The summed E-state index contributed by atoms with van der Waals surface area (Å²) in [6.45, 7) is 5.38. The van der Waals surface area contributed by atoms with Crippen LogP contribution in [0.2, 0.25) is 5.02 Å². The number of anilines is 1. The van der Waals surface area contributed by atoms with Crippen LogP contribution in [-0.4, -0.2) is 42.3 Å². The second-order valence-corrected chi connectivity index (χ2v) is 6.55. The molecular formula is C21H24ClN3O3. The Bertz CT molecular complexity index is 816. The predicted molar refractivity (Wildman–Crippen MR) is 111 cm³/mol. The van der Waals surface area contributed by atoms with Gasteiger partial charge in [0.2, 0.25) is 5.91 Å². The van der Waals surface area contributed by atoms with Crippen molar-refractivity contribution in [1.29, 1.82) is 0 Å². The summed E-state index contributed by atoms with van der Waals surface area (Å²) in [5, 5.41) is 6.00. The monoisotopic (exact) mass is 401 g/mol. The van der Waals surface area contributed by atoms with Gasteiger partial charge in [0.15, 0.2) is 0 Å². The fourth-order valence-electron chi connectivity index (χ4n) is 2.61. The van der Waals surface area contributed by atoms with Gasteiger partial charge in [0.05, 0.1) is 0 Å². The van der Waals surface area contributed by atoms with E-state index in [1.54, 1.807) is 53.4 Å². The fraction of sp³-hybridized carbons (Fsp3) is 0.286. The second kappa shape index (κ2) is 10.5. The quantitative estimate of drug-likeness (QED) is 0.709. The van der Waals surface area contributed by atoms with Crippen LogP contribution < -0.4 is 10.6 Å². The van der Waals surface area contributed by atoms with Crippen LogP contribution in [0.25, 0.3) is 0 Å².